The largest absolute Gasteiger partial charge is 0.468 e. The highest BCUT2D eigenvalue weighted by molar-refractivity contribution is 6.30. The maximum absolute atomic E-state index is 12.6. The Balaban J connectivity index is 2.09. The van der Waals surface area contributed by atoms with Gasteiger partial charge in [0.2, 0.25) is 0 Å². The summed E-state index contributed by atoms with van der Waals surface area (Å²) in [4.78, 5) is 15.0. The van der Waals surface area contributed by atoms with Crippen LogP contribution in [0.4, 0.5) is 0 Å². The lowest BCUT2D eigenvalue weighted by Crippen LogP contribution is -2.56. The van der Waals surface area contributed by atoms with E-state index in [1.54, 1.807) is 0 Å². The van der Waals surface area contributed by atoms with E-state index in [2.05, 4.69) is 11.9 Å². The third-order valence-electron chi connectivity index (χ3n) is 5.19. The van der Waals surface area contributed by atoms with Gasteiger partial charge in [-0.3, -0.25) is 9.69 Å². The zero-order valence-electron chi connectivity index (χ0n) is 11.9. The van der Waals surface area contributed by atoms with E-state index in [9.17, 15) is 4.79 Å². The van der Waals surface area contributed by atoms with E-state index in [0.29, 0.717) is 11.1 Å². The van der Waals surface area contributed by atoms with E-state index in [1.165, 1.54) is 13.5 Å². The van der Waals surface area contributed by atoms with Gasteiger partial charge < -0.3 is 4.74 Å². The van der Waals surface area contributed by atoms with E-state index >= 15 is 0 Å². The zero-order chi connectivity index (χ0) is 14.3. The molecule has 0 aliphatic carbocycles. The van der Waals surface area contributed by atoms with E-state index < -0.39 is 5.41 Å². The van der Waals surface area contributed by atoms with Crippen molar-refractivity contribution in [3.05, 3.63) is 34.9 Å². The number of carbonyl (C=O) groups excluding carboxylic acids is 1. The molecule has 2 aliphatic heterocycles. The number of carbonyl (C=O) groups is 1. The summed E-state index contributed by atoms with van der Waals surface area (Å²) >= 11 is 5.99. The van der Waals surface area contributed by atoms with Gasteiger partial charge in [0.25, 0.3) is 0 Å². The molecule has 0 aromatic heterocycles. The Bertz CT molecular complexity index is 516. The van der Waals surface area contributed by atoms with Gasteiger partial charge in [0.15, 0.2) is 0 Å². The van der Waals surface area contributed by atoms with Gasteiger partial charge in [0.05, 0.1) is 7.11 Å². The van der Waals surface area contributed by atoms with Crippen LogP contribution in [0.1, 0.15) is 31.2 Å². The van der Waals surface area contributed by atoms with Crippen LogP contribution < -0.4 is 0 Å². The summed E-state index contributed by atoms with van der Waals surface area (Å²) in [7, 11) is 3.62. The van der Waals surface area contributed by atoms with Crippen LogP contribution >= 0.6 is 11.6 Å². The average Bonchev–Trinajstić information content (AvgIpc) is 2.72. The molecule has 0 amide bonds. The number of hydrogen-bond acceptors (Lipinski definition) is 3. The molecule has 1 aromatic rings. The van der Waals surface area contributed by atoms with E-state index in [-0.39, 0.29) is 12.0 Å². The van der Waals surface area contributed by atoms with Crippen LogP contribution in [-0.4, -0.2) is 37.1 Å². The molecular formula is C16H20ClNO2. The minimum Gasteiger partial charge on any atom is -0.468 e. The molecule has 2 bridgehead atoms. The monoisotopic (exact) mass is 293 g/mol. The van der Waals surface area contributed by atoms with Crippen LogP contribution in [-0.2, 0) is 14.9 Å². The Morgan fingerprint density at radius 2 is 2.00 bits per heavy atom. The molecule has 0 N–H and O–H groups in total. The van der Waals surface area contributed by atoms with Crippen molar-refractivity contribution < 1.29 is 9.53 Å². The molecule has 1 unspecified atom stereocenters. The maximum Gasteiger partial charge on any atom is 0.317 e. The van der Waals surface area contributed by atoms with Crippen LogP contribution in [0.15, 0.2) is 24.3 Å². The van der Waals surface area contributed by atoms with Crippen molar-refractivity contribution in [1.82, 2.24) is 4.90 Å². The Hall–Kier alpha value is -1.06. The van der Waals surface area contributed by atoms with Crippen LogP contribution in [0.5, 0.6) is 0 Å². The molecule has 0 radical (unpaired) electrons. The normalized spacial score (nSPS) is 33.1. The number of ether oxygens (including phenoxy) is 1. The third-order valence-corrected chi connectivity index (χ3v) is 5.44. The van der Waals surface area contributed by atoms with Gasteiger partial charge in [-0.1, -0.05) is 23.7 Å². The summed E-state index contributed by atoms with van der Waals surface area (Å²) in [5.41, 5.74) is 0.493. The topological polar surface area (TPSA) is 29.5 Å². The van der Waals surface area contributed by atoms with Crippen molar-refractivity contribution in [2.75, 3.05) is 14.2 Å². The summed E-state index contributed by atoms with van der Waals surface area (Å²) in [6.45, 7) is 0. The highest BCUT2D eigenvalue weighted by Gasteiger charge is 2.56. The number of rotatable bonds is 2. The highest BCUT2D eigenvalue weighted by atomic mass is 35.5. The first-order chi connectivity index (χ1) is 9.59. The van der Waals surface area contributed by atoms with E-state index in [4.69, 9.17) is 16.3 Å². The third kappa shape index (κ3) is 1.87. The zero-order valence-corrected chi connectivity index (χ0v) is 12.7. The number of likely N-dealkylation sites (N-methyl/N-ethyl adjacent to an activating group) is 1. The van der Waals surface area contributed by atoms with Crippen LogP contribution in [0.25, 0.3) is 0 Å². The number of halogens is 1. The van der Waals surface area contributed by atoms with Crippen molar-refractivity contribution in [2.45, 2.75) is 43.2 Å². The van der Waals surface area contributed by atoms with Gasteiger partial charge in [0, 0.05) is 17.1 Å². The number of benzene rings is 1. The molecule has 108 valence electrons. The minimum atomic E-state index is -0.541. The Kier molecular flexibility index (Phi) is 3.51. The maximum atomic E-state index is 12.6. The molecule has 2 saturated heterocycles. The summed E-state index contributed by atoms with van der Waals surface area (Å²) in [5, 5.41) is 0.697. The van der Waals surface area contributed by atoms with Crippen LogP contribution in [0.3, 0.4) is 0 Å². The van der Waals surface area contributed by atoms with E-state index in [0.717, 1.165) is 24.8 Å². The second kappa shape index (κ2) is 5.05. The Morgan fingerprint density at radius 1 is 1.30 bits per heavy atom. The number of nitrogens with zero attached hydrogens (tertiary/aromatic N) is 1. The summed E-state index contributed by atoms with van der Waals surface area (Å²) < 4.78 is 5.18. The second-order valence-electron chi connectivity index (χ2n) is 5.92. The molecule has 0 spiro atoms. The molecule has 1 aromatic carbocycles. The quantitative estimate of drug-likeness (QED) is 0.785. The number of esters is 1. The van der Waals surface area contributed by atoms with Gasteiger partial charge in [-0.25, -0.2) is 0 Å². The molecule has 2 heterocycles. The number of piperidine rings is 1. The number of hydrogen-bond donors (Lipinski definition) is 0. The standard InChI is InChI=1S/C16H20ClNO2/c1-18-13-7-8-14(18)16(10-9-13,15(19)20-2)11-3-5-12(17)6-4-11/h3-6,13-14H,7-10H2,1-2H3/t13?,14-,16-/m0/s1. The van der Waals surface area contributed by atoms with Crippen molar-refractivity contribution >= 4 is 17.6 Å². The number of fused-ring (bicyclic) bond motifs is 2. The molecule has 2 aliphatic rings. The lowest BCUT2D eigenvalue weighted by molar-refractivity contribution is -0.152. The molecule has 3 nitrogen and oxygen atoms in total. The first kappa shape index (κ1) is 13.9. The Labute approximate surface area is 124 Å². The van der Waals surface area contributed by atoms with Gasteiger partial charge in [-0.2, -0.15) is 0 Å². The summed E-state index contributed by atoms with van der Waals surface area (Å²) in [5.74, 6) is -0.114. The molecule has 4 heteroatoms. The highest BCUT2D eigenvalue weighted by Crippen LogP contribution is 2.48. The van der Waals surface area contributed by atoms with Crippen molar-refractivity contribution in [3.8, 4) is 0 Å². The predicted octanol–water partition coefficient (Wildman–Crippen LogP) is 3.01. The lowest BCUT2D eigenvalue weighted by Gasteiger charge is -2.45. The Morgan fingerprint density at radius 3 is 2.65 bits per heavy atom. The van der Waals surface area contributed by atoms with Gasteiger partial charge in [-0.15, -0.1) is 0 Å². The fourth-order valence-electron chi connectivity index (χ4n) is 4.14. The lowest BCUT2D eigenvalue weighted by atomic mass is 9.69. The van der Waals surface area contributed by atoms with Gasteiger partial charge in [0.1, 0.15) is 5.41 Å². The molecule has 0 saturated carbocycles. The van der Waals surface area contributed by atoms with Crippen molar-refractivity contribution in [2.24, 2.45) is 0 Å². The van der Waals surface area contributed by atoms with E-state index in [1.807, 2.05) is 24.3 Å². The number of methoxy groups -OCH3 is 1. The molecule has 2 fully saturated rings. The SMILES string of the molecule is COC(=O)[C@]1(c2ccc(Cl)cc2)CCC2CC[C@@H]1N2C. The van der Waals surface area contributed by atoms with Crippen LogP contribution in [0, 0.1) is 0 Å². The second-order valence-corrected chi connectivity index (χ2v) is 6.36. The average molecular weight is 294 g/mol. The van der Waals surface area contributed by atoms with Crippen molar-refractivity contribution in [3.63, 3.8) is 0 Å². The first-order valence-corrected chi connectivity index (χ1v) is 7.54. The molecule has 3 atom stereocenters. The van der Waals surface area contributed by atoms with Gasteiger partial charge >= 0.3 is 5.97 Å². The van der Waals surface area contributed by atoms with Crippen molar-refractivity contribution in [1.29, 1.82) is 0 Å². The molecule has 3 rings (SSSR count). The molecular weight excluding hydrogens is 274 g/mol. The van der Waals surface area contributed by atoms with Crippen LogP contribution in [0.2, 0.25) is 5.02 Å². The fourth-order valence-corrected chi connectivity index (χ4v) is 4.26. The minimum absolute atomic E-state index is 0.114. The molecule has 20 heavy (non-hydrogen) atoms. The van der Waals surface area contributed by atoms with Gasteiger partial charge in [-0.05, 0) is 50.4 Å². The fraction of sp³-hybridized carbons (Fsp3) is 0.562. The first-order valence-electron chi connectivity index (χ1n) is 7.16. The summed E-state index contributed by atoms with van der Waals surface area (Å²) in [6, 6.07) is 8.53. The smallest absolute Gasteiger partial charge is 0.317 e. The summed E-state index contributed by atoms with van der Waals surface area (Å²) in [6.07, 6.45) is 4.14. The predicted molar refractivity (Wildman–Crippen MR) is 79.0 cm³/mol.